The van der Waals surface area contributed by atoms with E-state index in [1.54, 1.807) is 0 Å². The van der Waals surface area contributed by atoms with Gasteiger partial charge in [-0.1, -0.05) is 58.9 Å². The fourth-order valence-corrected chi connectivity index (χ4v) is 3.99. The van der Waals surface area contributed by atoms with E-state index in [9.17, 15) is 4.79 Å². The summed E-state index contributed by atoms with van der Waals surface area (Å²) in [7, 11) is 0. The molecule has 0 heterocycles. The van der Waals surface area contributed by atoms with Crippen molar-refractivity contribution in [2.24, 2.45) is 11.3 Å². The molecule has 0 aliphatic heterocycles. The van der Waals surface area contributed by atoms with E-state index in [2.05, 4.69) is 45.0 Å². The summed E-state index contributed by atoms with van der Waals surface area (Å²) in [5.41, 5.74) is 2.64. The minimum atomic E-state index is -0.730. The maximum Gasteiger partial charge on any atom is 0.304 e. The van der Waals surface area contributed by atoms with Gasteiger partial charge in [-0.3, -0.25) is 4.79 Å². The number of hydrogen-bond acceptors (Lipinski definition) is 1. The van der Waals surface area contributed by atoms with Crippen LogP contribution in [0.15, 0.2) is 24.3 Å². The fraction of sp³-hybridized carbons (Fsp3) is 0.667. The number of carboxylic acid groups (broad SMARTS) is 1. The third-order valence-corrected chi connectivity index (χ3v) is 5.68. The molecule has 0 amide bonds. The maximum absolute atomic E-state index is 11.1. The second kappa shape index (κ2) is 6.67. The van der Waals surface area contributed by atoms with E-state index in [1.165, 1.54) is 31.2 Å². The molecule has 2 nitrogen and oxygen atoms in total. The predicted molar refractivity (Wildman–Crippen MR) is 95.9 cm³/mol. The molecule has 2 rings (SSSR count). The summed E-state index contributed by atoms with van der Waals surface area (Å²) in [5.74, 6) is 0.727. The van der Waals surface area contributed by atoms with E-state index < -0.39 is 5.97 Å². The van der Waals surface area contributed by atoms with Crippen molar-refractivity contribution in [3.8, 4) is 0 Å². The van der Waals surface area contributed by atoms with Crippen LogP contribution >= 0.6 is 0 Å². The van der Waals surface area contributed by atoms with Gasteiger partial charge in [0.05, 0.1) is 6.42 Å². The molecule has 1 aromatic carbocycles. The molecule has 1 fully saturated rings. The summed E-state index contributed by atoms with van der Waals surface area (Å²) < 4.78 is 0. The Kier molecular flexibility index (Phi) is 5.23. The molecule has 0 bridgehead atoms. The Morgan fingerprint density at radius 3 is 2.22 bits per heavy atom. The number of hydrogen-bond donors (Lipinski definition) is 1. The van der Waals surface area contributed by atoms with Gasteiger partial charge in [-0.05, 0) is 54.1 Å². The first-order valence-corrected chi connectivity index (χ1v) is 8.92. The molecule has 1 aromatic rings. The smallest absolute Gasteiger partial charge is 0.304 e. The molecule has 1 saturated carbocycles. The summed E-state index contributed by atoms with van der Waals surface area (Å²) >= 11 is 0. The lowest BCUT2D eigenvalue weighted by atomic mass is 9.68. The Hall–Kier alpha value is -1.31. The number of rotatable bonds is 4. The van der Waals surface area contributed by atoms with Crippen molar-refractivity contribution < 1.29 is 9.90 Å². The Morgan fingerprint density at radius 2 is 1.70 bits per heavy atom. The van der Waals surface area contributed by atoms with E-state index in [1.807, 2.05) is 13.8 Å². The first-order chi connectivity index (χ1) is 10.6. The van der Waals surface area contributed by atoms with Crippen LogP contribution in [0.1, 0.15) is 83.8 Å². The van der Waals surface area contributed by atoms with Crippen LogP contribution in [-0.2, 0) is 10.2 Å². The topological polar surface area (TPSA) is 37.3 Å². The zero-order chi connectivity index (χ0) is 17.3. The van der Waals surface area contributed by atoms with Crippen LogP contribution in [0.2, 0.25) is 0 Å². The second-order valence-corrected chi connectivity index (χ2v) is 8.99. The number of carboxylic acids is 1. The van der Waals surface area contributed by atoms with Gasteiger partial charge < -0.3 is 5.11 Å². The van der Waals surface area contributed by atoms with Crippen molar-refractivity contribution in [3.63, 3.8) is 0 Å². The zero-order valence-corrected chi connectivity index (χ0v) is 15.4. The van der Waals surface area contributed by atoms with Crippen LogP contribution in [0.5, 0.6) is 0 Å². The minimum Gasteiger partial charge on any atom is -0.481 e. The van der Waals surface area contributed by atoms with Gasteiger partial charge in [0.2, 0.25) is 0 Å². The second-order valence-electron chi connectivity index (χ2n) is 8.99. The van der Waals surface area contributed by atoms with E-state index in [-0.39, 0.29) is 11.8 Å². The van der Waals surface area contributed by atoms with E-state index in [0.29, 0.717) is 11.3 Å². The van der Waals surface area contributed by atoms with Crippen LogP contribution < -0.4 is 0 Å². The lowest BCUT2D eigenvalue weighted by Crippen LogP contribution is -2.25. The lowest BCUT2D eigenvalue weighted by molar-refractivity contribution is -0.138. The molecule has 0 spiro atoms. The first kappa shape index (κ1) is 18.0. The number of benzene rings is 1. The van der Waals surface area contributed by atoms with Crippen LogP contribution in [-0.4, -0.2) is 11.1 Å². The fourth-order valence-electron chi connectivity index (χ4n) is 3.99. The highest BCUT2D eigenvalue weighted by atomic mass is 16.4. The molecule has 23 heavy (non-hydrogen) atoms. The third kappa shape index (κ3) is 4.59. The zero-order valence-electron chi connectivity index (χ0n) is 15.4. The molecule has 128 valence electrons. The minimum absolute atomic E-state index is 0.174. The predicted octanol–water partition coefficient (Wildman–Crippen LogP) is 5.76. The van der Waals surface area contributed by atoms with Crippen molar-refractivity contribution in [1.29, 1.82) is 0 Å². The van der Waals surface area contributed by atoms with Crippen molar-refractivity contribution >= 4 is 5.97 Å². The van der Waals surface area contributed by atoms with E-state index in [0.717, 1.165) is 11.5 Å². The Labute approximate surface area is 141 Å². The first-order valence-electron chi connectivity index (χ1n) is 8.92. The van der Waals surface area contributed by atoms with Gasteiger partial charge in [-0.25, -0.2) is 0 Å². The molecule has 0 unspecified atom stereocenters. The van der Waals surface area contributed by atoms with E-state index in [4.69, 9.17) is 5.11 Å². The molecule has 0 atom stereocenters. The monoisotopic (exact) mass is 316 g/mol. The van der Waals surface area contributed by atoms with E-state index >= 15 is 0 Å². The molecule has 1 aliphatic rings. The largest absolute Gasteiger partial charge is 0.481 e. The summed E-state index contributed by atoms with van der Waals surface area (Å²) in [5, 5.41) is 9.13. The molecule has 0 aromatic heterocycles. The van der Waals surface area contributed by atoms with Gasteiger partial charge in [0.15, 0.2) is 0 Å². The Bertz CT molecular complexity index is 543. The molecular weight excluding hydrogens is 284 g/mol. The van der Waals surface area contributed by atoms with Crippen LogP contribution in [0.4, 0.5) is 0 Å². The summed E-state index contributed by atoms with van der Waals surface area (Å²) in [6, 6.07) is 8.66. The van der Waals surface area contributed by atoms with Gasteiger partial charge in [0.1, 0.15) is 0 Å². The molecule has 0 radical (unpaired) electrons. The van der Waals surface area contributed by atoms with Gasteiger partial charge in [-0.15, -0.1) is 0 Å². The van der Waals surface area contributed by atoms with Crippen LogP contribution in [0.25, 0.3) is 0 Å². The number of aliphatic carboxylic acids is 1. The molecule has 1 N–H and O–H groups in total. The highest BCUT2D eigenvalue weighted by Gasteiger charge is 2.31. The highest BCUT2D eigenvalue weighted by molar-refractivity contribution is 5.68. The average molecular weight is 316 g/mol. The summed E-state index contributed by atoms with van der Waals surface area (Å²) in [6.45, 7) is 11.1. The van der Waals surface area contributed by atoms with Gasteiger partial charge in [-0.2, -0.15) is 0 Å². The average Bonchev–Trinajstić information content (AvgIpc) is 2.45. The Balaban J connectivity index is 2.11. The Morgan fingerprint density at radius 1 is 1.09 bits per heavy atom. The quantitative estimate of drug-likeness (QED) is 0.767. The normalized spacial score (nSPS) is 22.8. The third-order valence-electron chi connectivity index (χ3n) is 5.68. The van der Waals surface area contributed by atoms with Gasteiger partial charge in [0, 0.05) is 5.41 Å². The SMILES string of the molecule is CC(C)(CC(=O)O)c1cccc(C2CCC(C(C)(C)C)CC2)c1. The van der Waals surface area contributed by atoms with Crippen LogP contribution in [0.3, 0.4) is 0 Å². The lowest BCUT2D eigenvalue weighted by Gasteiger charge is -2.37. The molecule has 0 saturated heterocycles. The maximum atomic E-state index is 11.1. The van der Waals surface area contributed by atoms with Gasteiger partial charge in [0.25, 0.3) is 0 Å². The van der Waals surface area contributed by atoms with Crippen molar-refractivity contribution in [3.05, 3.63) is 35.4 Å². The standard InChI is InChI=1S/C21H32O2/c1-20(2,3)17-11-9-15(10-12-17)16-7-6-8-18(13-16)21(4,5)14-19(22)23/h6-8,13,15,17H,9-12,14H2,1-5H3,(H,22,23). The van der Waals surface area contributed by atoms with Crippen molar-refractivity contribution in [1.82, 2.24) is 0 Å². The number of carbonyl (C=O) groups is 1. The van der Waals surface area contributed by atoms with Crippen molar-refractivity contribution in [2.75, 3.05) is 0 Å². The molecule has 1 aliphatic carbocycles. The molecule has 2 heteroatoms. The summed E-state index contributed by atoms with van der Waals surface area (Å²) in [4.78, 5) is 11.1. The van der Waals surface area contributed by atoms with Gasteiger partial charge >= 0.3 is 5.97 Å². The van der Waals surface area contributed by atoms with Crippen molar-refractivity contribution in [2.45, 2.75) is 78.1 Å². The van der Waals surface area contributed by atoms with Crippen LogP contribution in [0, 0.1) is 11.3 Å². The summed E-state index contributed by atoms with van der Waals surface area (Å²) in [6.07, 6.45) is 5.29. The molecular formula is C21H32O2. The highest BCUT2D eigenvalue weighted by Crippen LogP contribution is 2.43.